The first-order valence-corrected chi connectivity index (χ1v) is 6.72. The van der Waals surface area contributed by atoms with Crippen LogP contribution in [0.25, 0.3) is 0 Å². The van der Waals surface area contributed by atoms with Crippen LogP contribution >= 0.6 is 0 Å². The number of rotatable bonds is 9. The van der Waals surface area contributed by atoms with Crippen molar-refractivity contribution >= 4 is 11.9 Å². The van der Waals surface area contributed by atoms with Gasteiger partial charge in [0.2, 0.25) is 0 Å². The second kappa shape index (κ2) is 9.36. The third-order valence-corrected chi connectivity index (χ3v) is 3.16. The summed E-state index contributed by atoms with van der Waals surface area (Å²) in [7, 11) is 1.74. The van der Waals surface area contributed by atoms with Gasteiger partial charge in [0.1, 0.15) is 0 Å². The van der Waals surface area contributed by atoms with Gasteiger partial charge >= 0.3 is 5.97 Å². The van der Waals surface area contributed by atoms with Gasteiger partial charge in [-0.3, -0.25) is 9.59 Å². The van der Waals surface area contributed by atoms with E-state index in [4.69, 9.17) is 5.11 Å². The lowest BCUT2D eigenvalue weighted by molar-refractivity contribution is -0.138. The topological polar surface area (TPSA) is 57.6 Å². The Kier molecular flexibility index (Phi) is 8.58. The molecule has 1 N–H and O–H groups in total. The van der Waals surface area contributed by atoms with Crippen molar-refractivity contribution in [3.05, 3.63) is 24.3 Å². The third-order valence-electron chi connectivity index (χ3n) is 3.16. The summed E-state index contributed by atoms with van der Waals surface area (Å²) in [6.07, 6.45) is 6.01. The summed E-state index contributed by atoms with van der Waals surface area (Å²) in [6, 6.07) is 0. The zero-order valence-corrected chi connectivity index (χ0v) is 12.2. The number of carbonyl (C=O) groups excluding carboxylic acids is 1. The molecule has 1 atom stereocenters. The van der Waals surface area contributed by atoms with E-state index < -0.39 is 5.97 Å². The number of likely N-dealkylation sites (N-methyl/N-ethyl adjacent to an activating group) is 1. The molecule has 4 nitrogen and oxygen atoms in total. The summed E-state index contributed by atoms with van der Waals surface area (Å²) in [4.78, 5) is 24.4. The summed E-state index contributed by atoms with van der Waals surface area (Å²) < 4.78 is 0. The van der Waals surface area contributed by atoms with Crippen molar-refractivity contribution in [2.24, 2.45) is 5.92 Å². The fourth-order valence-corrected chi connectivity index (χ4v) is 2.03. The van der Waals surface area contributed by atoms with Gasteiger partial charge in [-0.25, -0.2) is 0 Å². The van der Waals surface area contributed by atoms with Crippen LogP contribution in [-0.2, 0) is 9.59 Å². The van der Waals surface area contributed by atoms with Crippen LogP contribution in [0, 0.1) is 5.92 Å². The molecular weight excluding hydrogens is 242 g/mol. The average Bonchev–Trinajstić information content (AvgIpc) is 2.36. The first kappa shape index (κ1) is 17.4. The van der Waals surface area contributed by atoms with Gasteiger partial charge in [-0.1, -0.05) is 38.5 Å². The van der Waals surface area contributed by atoms with Crippen molar-refractivity contribution in [1.29, 1.82) is 0 Å². The number of allylic oxidation sites excluding steroid dienone is 1. The number of amides is 1. The van der Waals surface area contributed by atoms with E-state index in [0.29, 0.717) is 12.1 Å². The van der Waals surface area contributed by atoms with Crippen LogP contribution in [0.3, 0.4) is 0 Å². The van der Waals surface area contributed by atoms with Gasteiger partial charge in [0.25, 0.3) is 5.91 Å². The second-order valence-corrected chi connectivity index (χ2v) is 4.72. The number of hydrogen-bond acceptors (Lipinski definition) is 2. The Labute approximate surface area is 115 Å². The molecule has 0 aromatic carbocycles. The van der Waals surface area contributed by atoms with Crippen LogP contribution in [-0.4, -0.2) is 35.5 Å². The van der Waals surface area contributed by atoms with Crippen molar-refractivity contribution < 1.29 is 14.7 Å². The van der Waals surface area contributed by atoms with Gasteiger partial charge in [-0.05, 0) is 19.3 Å². The maximum absolute atomic E-state index is 12.0. The monoisotopic (exact) mass is 267 g/mol. The molecule has 108 valence electrons. The van der Waals surface area contributed by atoms with E-state index in [1.807, 2.05) is 6.92 Å². The average molecular weight is 267 g/mol. The molecule has 0 spiro atoms. The molecule has 0 aliphatic carbocycles. The molecule has 0 aromatic heterocycles. The van der Waals surface area contributed by atoms with E-state index in [1.165, 1.54) is 0 Å². The first-order valence-electron chi connectivity index (χ1n) is 6.72. The Morgan fingerprint density at radius 2 is 2.00 bits per heavy atom. The summed E-state index contributed by atoms with van der Waals surface area (Å²) >= 11 is 0. The van der Waals surface area contributed by atoms with Gasteiger partial charge in [0.05, 0.1) is 0 Å². The van der Waals surface area contributed by atoms with Crippen LogP contribution in [0.5, 0.6) is 0 Å². The predicted octanol–water partition coefficient (Wildman–Crippen LogP) is 2.86. The maximum atomic E-state index is 12.0. The highest BCUT2D eigenvalue weighted by molar-refractivity contribution is 5.95. The Morgan fingerprint density at radius 1 is 1.37 bits per heavy atom. The minimum atomic E-state index is -0.771. The summed E-state index contributed by atoms with van der Waals surface area (Å²) in [5, 5.41) is 8.85. The molecule has 0 rings (SSSR count). The molecular formula is C15H25NO3. The lowest BCUT2D eigenvalue weighted by Crippen LogP contribution is -2.30. The van der Waals surface area contributed by atoms with E-state index in [-0.39, 0.29) is 18.2 Å². The van der Waals surface area contributed by atoms with Crippen LogP contribution in [0.1, 0.15) is 39.5 Å². The Hall–Kier alpha value is -1.58. The number of nitrogens with zero attached hydrogens (tertiary/aromatic N) is 1. The molecule has 0 bridgehead atoms. The van der Waals surface area contributed by atoms with E-state index in [0.717, 1.165) is 19.3 Å². The molecule has 0 heterocycles. The Balaban J connectivity index is 4.38. The van der Waals surface area contributed by atoms with Gasteiger partial charge in [-0.15, -0.1) is 0 Å². The van der Waals surface area contributed by atoms with Crippen molar-refractivity contribution in [2.45, 2.75) is 39.5 Å². The minimum absolute atomic E-state index is 0.0666. The number of carboxylic acid groups (broad SMARTS) is 1. The molecule has 0 saturated carbocycles. The van der Waals surface area contributed by atoms with E-state index in [2.05, 4.69) is 6.58 Å². The molecule has 19 heavy (non-hydrogen) atoms. The number of carboxylic acids is 1. The molecule has 0 saturated heterocycles. The molecule has 0 aromatic rings. The van der Waals surface area contributed by atoms with E-state index in [1.54, 1.807) is 31.0 Å². The zero-order chi connectivity index (χ0) is 14.8. The third kappa shape index (κ3) is 6.79. The molecule has 0 aliphatic heterocycles. The van der Waals surface area contributed by atoms with Crippen LogP contribution < -0.4 is 0 Å². The van der Waals surface area contributed by atoms with Gasteiger partial charge in [0.15, 0.2) is 0 Å². The highest BCUT2D eigenvalue weighted by Gasteiger charge is 2.16. The molecule has 0 aliphatic rings. The van der Waals surface area contributed by atoms with Gasteiger partial charge < -0.3 is 10.0 Å². The second-order valence-electron chi connectivity index (χ2n) is 4.72. The van der Waals surface area contributed by atoms with E-state index >= 15 is 0 Å². The van der Waals surface area contributed by atoms with Crippen LogP contribution in [0.4, 0.5) is 0 Å². The van der Waals surface area contributed by atoms with Gasteiger partial charge in [-0.2, -0.15) is 0 Å². The van der Waals surface area contributed by atoms with Crippen LogP contribution in [0.2, 0.25) is 0 Å². The summed E-state index contributed by atoms with van der Waals surface area (Å²) in [6.45, 7) is 8.02. The molecule has 0 fully saturated rings. The predicted molar refractivity (Wildman–Crippen MR) is 76.9 cm³/mol. The number of aliphatic carboxylic acids is 1. The highest BCUT2D eigenvalue weighted by atomic mass is 16.4. The van der Waals surface area contributed by atoms with Crippen molar-refractivity contribution in [2.75, 3.05) is 13.6 Å². The van der Waals surface area contributed by atoms with Gasteiger partial charge in [0, 0.05) is 25.6 Å². The number of hydrogen-bond donors (Lipinski definition) is 1. The molecule has 4 heteroatoms. The molecule has 1 amide bonds. The van der Waals surface area contributed by atoms with Crippen molar-refractivity contribution in [3.63, 3.8) is 0 Å². The van der Waals surface area contributed by atoms with Crippen molar-refractivity contribution in [1.82, 2.24) is 4.90 Å². The quantitative estimate of drug-likeness (QED) is 0.516. The largest absolute Gasteiger partial charge is 0.481 e. The van der Waals surface area contributed by atoms with Crippen molar-refractivity contribution in [3.8, 4) is 0 Å². The standard InChI is InChI=1S/C15H25NO3/c1-5-8-12(11-14(17)18)9-10-16(4)15(19)13(6-2)7-3/h6-7,12H,2,5,8-11H2,1,3-4H3,(H,17,18)/b13-7+. The SMILES string of the molecule is C=C/C(=C\C)C(=O)N(C)CCC(CCC)CC(=O)O. The zero-order valence-electron chi connectivity index (χ0n) is 12.2. The number of carbonyl (C=O) groups is 2. The molecule has 1 unspecified atom stereocenters. The van der Waals surface area contributed by atoms with Crippen LogP contribution in [0.15, 0.2) is 24.3 Å². The first-order chi connectivity index (χ1) is 8.96. The smallest absolute Gasteiger partial charge is 0.303 e. The normalized spacial score (nSPS) is 12.9. The minimum Gasteiger partial charge on any atom is -0.481 e. The maximum Gasteiger partial charge on any atom is 0.303 e. The Bertz CT molecular complexity index is 347. The summed E-state index contributed by atoms with van der Waals surface area (Å²) in [5.41, 5.74) is 0.577. The summed E-state index contributed by atoms with van der Waals surface area (Å²) in [5.74, 6) is -0.703. The fourth-order valence-electron chi connectivity index (χ4n) is 2.03. The Morgan fingerprint density at radius 3 is 2.42 bits per heavy atom. The van der Waals surface area contributed by atoms with E-state index in [9.17, 15) is 9.59 Å². The molecule has 0 radical (unpaired) electrons. The fraction of sp³-hybridized carbons (Fsp3) is 0.600. The lowest BCUT2D eigenvalue weighted by Gasteiger charge is -2.21. The highest BCUT2D eigenvalue weighted by Crippen LogP contribution is 2.16. The lowest BCUT2D eigenvalue weighted by atomic mass is 9.96.